The van der Waals surface area contributed by atoms with Crippen LogP contribution in [0, 0.1) is 0 Å². The van der Waals surface area contributed by atoms with Crippen LogP contribution >= 0.6 is 11.8 Å². The van der Waals surface area contributed by atoms with Gasteiger partial charge in [0, 0.05) is 32.1 Å². The van der Waals surface area contributed by atoms with Crippen LogP contribution in [0.2, 0.25) is 0 Å². The van der Waals surface area contributed by atoms with Gasteiger partial charge in [-0.15, -0.1) is 10.2 Å². The van der Waals surface area contributed by atoms with E-state index in [0.29, 0.717) is 24.2 Å². The first kappa shape index (κ1) is 21.2. The van der Waals surface area contributed by atoms with Crippen molar-refractivity contribution in [3.63, 3.8) is 0 Å². The molecule has 2 fully saturated rings. The van der Waals surface area contributed by atoms with Crippen LogP contribution in [-0.4, -0.2) is 70.3 Å². The number of nitrogens with two attached hydrogens (primary N) is 1. The standard InChI is InChI=1S/C21H24N6O3S2/c22-27-20(16-5-6-16)23-24-21(27)31-14-19(28)25-9-11-26(12-10-25)32(29,30)18-8-7-15-3-1-2-4-17(15)13-18/h1-4,7-8,13,16H,5-6,9-12,14,22H2. The molecule has 11 heteroatoms. The molecule has 32 heavy (non-hydrogen) atoms. The van der Waals surface area contributed by atoms with Crippen molar-refractivity contribution in [1.29, 1.82) is 0 Å². The molecule has 9 nitrogen and oxygen atoms in total. The molecule has 0 radical (unpaired) electrons. The molecular formula is C21H24N6O3S2. The van der Waals surface area contributed by atoms with Crippen molar-refractivity contribution in [3.8, 4) is 0 Å². The third-order valence-corrected chi connectivity index (χ3v) is 8.73. The maximum atomic E-state index is 13.1. The Morgan fingerprint density at radius 1 is 1.03 bits per heavy atom. The lowest BCUT2D eigenvalue weighted by atomic mass is 10.1. The van der Waals surface area contributed by atoms with Crippen molar-refractivity contribution in [2.45, 2.75) is 28.8 Å². The summed E-state index contributed by atoms with van der Waals surface area (Å²) >= 11 is 1.26. The molecule has 1 aromatic heterocycles. The van der Waals surface area contributed by atoms with E-state index in [1.165, 1.54) is 20.7 Å². The van der Waals surface area contributed by atoms with Crippen molar-refractivity contribution >= 4 is 38.5 Å². The Bertz CT molecular complexity index is 1260. The van der Waals surface area contributed by atoms with Crippen molar-refractivity contribution in [2.24, 2.45) is 0 Å². The molecule has 2 heterocycles. The summed E-state index contributed by atoms with van der Waals surface area (Å²) in [5.74, 6) is 7.32. The fourth-order valence-electron chi connectivity index (χ4n) is 3.88. The molecule has 0 spiro atoms. The van der Waals surface area contributed by atoms with Gasteiger partial charge in [-0.25, -0.2) is 13.1 Å². The number of hydrogen-bond acceptors (Lipinski definition) is 7. The summed E-state index contributed by atoms with van der Waals surface area (Å²) in [4.78, 5) is 14.6. The van der Waals surface area contributed by atoms with Crippen molar-refractivity contribution in [3.05, 3.63) is 48.3 Å². The van der Waals surface area contributed by atoms with Crippen LogP contribution in [0.15, 0.2) is 52.5 Å². The fraction of sp³-hybridized carbons (Fsp3) is 0.381. The largest absolute Gasteiger partial charge is 0.339 e. The lowest BCUT2D eigenvalue weighted by Gasteiger charge is -2.34. The maximum absolute atomic E-state index is 13.1. The first-order chi connectivity index (χ1) is 15.4. The van der Waals surface area contributed by atoms with Crippen LogP contribution in [0.1, 0.15) is 24.6 Å². The van der Waals surface area contributed by atoms with E-state index in [1.807, 2.05) is 30.3 Å². The third-order valence-electron chi connectivity index (χ3n) is 5.91. The summed E-state index contributed by atoms with van der Waals surface area (Å²) in [6.45, 7) is 1.25. The van der Waals surface area contributed by atoms with Crippen LogP contribution in [0.5, 0.6) is 0 Å². The van der Waals surface area contributed by atoms with E-state index in [9.17, 15) is 13.2 Å². The number of amides is 1. The van der Waals surface area contributed by atoms with Gasteiger partial charge in [0.15, 0.2) is 5.82 Å². The zero-order chi connectivity index (χ0) is 22.3. The SMILES string of the molecule is Nn1c(SCC(=O)N2CCN(S(=O)(=O)c3ccc4ccccc4c3)CC2)nnc1C1CC1. The van der Waals surface area contributed by atoms with Gasteiger partial charge < -0.3 is 10.7 Å². The van der Waals surface area contributed by atoms with Gasteiger partial charge in [0.1, 0.15) is 0 Å². The normalized spacial score (nSPS) is 17.7. The molecule has 1 aliphatic carbocycles. The van der Waals surface area contributed by atoms with E-state index in [-0.39, 0.29) is 29.6 Å². The second-order valence-electron chi connectivity index (χ2n) is 8.07. The van der Waals surface area contributed by atoms with Crippen molar-refractivity contribution in [2.75, 3.05) is 37.8 Å². The topological polar surface area (TPSA) is 114 Å². The quantitative estimate of drug-likeness (QED) is 0.428. The molecule has 168 valence electrons. The van der Waals surface area contributed by atoms with Gasteiger partial charge >= 0.3 is 0 Å². The van der Waals surface area contributed by atoms with Crippen molar-refractivity contribution in [1.82, 2.24) is 24.1 Å². The number of piperazine rings is 1. The van der Waals surface area contributed by atoms with Crippen LogP contribution in [0.3, 0.4) is 0 Å². The molecule has 1 aliphatic heterocycles. The molecule has 0 bridgehead atoms. The molecular weight excluding hydrogens is 448 g/mol. The van der Waals surface area contributed by atoms with E-state index in [2.05, 4.69) is 10.2 Å². The predicted octanol–water partition coefficient (Wildman–Crippen LogP) is 1.65. The molecule has 0 atom stereocenters. The van der Waals surface area contributed by atoms with Gasteiger partial charge in [-0.1, -0.05) is 42.1 Å². The summed E-state index contributed by atoms with van der Waals surface area (Å²) in [5.41, 5.74) is 0. The molecule has 1 saturated carbocycles. The highest BCUT2D eigenvalue weighted by Gasteiger charge is 2.32. The Kier molecular flexibility index (Phi) is 5.56. The highest BCUT2D eigenvalue weighted by molar-refractivity contribution is 7.99. The highest BCUT2D eigenvalue weighted by atomic mass is 32.2. The first-order valence-corrected chi connectivity index (χ1v) is 13.0. The Morgan fingerprint density at radius 3 is 2.47 bits per heavy atom. The molecule has 5 rings (SSSR count). The van der Waals surface area contributed by atoms with E-state index in [1.54, 1.807) is 17.0 Å². The van der Waals surface area contributed by atoms with Crippen LogP contribution in [0.4, 0.5) is 0 Å². The molecule has 0 unspecified atom stereocenters. The monoisotopic (exact) mass is 472 g/mol. The number of fused-ring (bicyclic) bond motifs is 1. The number of sulfonamides is 1. The smallest absolute Gasteiger partial charge is 0.243 e. The number of thioether (sulfide) groups is 1. The number of benzene rings is 2. The number of nitrogens with zero attached hydrogens (tertiary/aromatic N) is 5. The van der Waals surface area contributed by atoms with Crippen LogP contribution < -0.4 is 5.84 Å². The van der Waals surface area contributed by atoms with E-state index in [4.69, 9.17) is 5.84 Å². The fourth-order valence-corrected chi connectivity index (χ4v) is 6.10. The Labute approximate surface area is 190 Å². The first-order valence-electron chi connectivity index (χ1n) is 10.5. The summed E-state index contributed by atoms with van der Waals surface area (Å²) in [7, 11) is -3.61. The van der Waals surface area contributed by atoms with E-state index < -0.39 is 10.0 Å². The Balaban J connectivity index is 1.19. The predicted molar refractivity (Wildman–Crippen MR) is 122 cm³/mol. The second-order valence-corrected chi connectivity index (χ2v) is 10.9. The molecule has 1 amide bonds. The molecule has 1 saturated heterocycles. The minimum Gasteiger partial charge on any atom is -0.339 e. The minimum absolute atomic E-state index is 0.0614. The summed E-state index contributed by atoms with van der Waals surface area (Å²) in [6.07, 6.45) is 2.15. The van der Waals surface area contributed by atoms with E-state index in [0.717, 1.165) is 29.4 Å². The van der Waals surface area contributed by atoms with Gasteiger partial charge in [0.2, 0.25) is 21.1 Å². The zero-order valence-electron chi connectivity index (χ0n) is 17.4. The Morgan fingerprint density at radius 2 is 1.75 bits per heavy atom. The molecule has 2 aromatic carbocycles. The Hall–Kier alpha value is -2.63. The number of nitrogen functional groups attached to an aromatic ring is 1. The third kappa shape index (κ3) is 4.07. The maximum Gasteiger partial charge on any atom is 0.243 e. The van der Waals surface area contributed by atoms with Gasteiger partial charge in [-0.3, -0.25) is 4.79 Å². The van der Waals surface area contributed by atoms with Gasteiger partial charge in [-0.2, -0.15) is 4.31 Å². The highest BCUT2D eigenvalue weighted by Crippen LogP contribution is 2.39. The number of hydrogen-bond donors (Lipinski definition) is 1. The lowest BCUT2D eigenvalue weighted by molar-refractivity contribution is -0.129. The summed E-state index contributed by atoms with van der Waals surface area (Å²) in [5, 5.41) is 10.6. The molecule has 3 aromatic rings. The van der Waals surface area contributed by atoms with E-state index >= 15 is 0 Å². The number of aromatic nitrogens is 3. The number of rotatable bonds is 6. The van der Waals surface area contributed by atoms with Crippen LogP contribution in [0.25, 0.3) is 10.8 Å². The number of carbonyl (C=O) groups is 1. The van der Waals surface area contributed by atoms with Crippen molar-refractivity contribution < 1.29 is 13.2 Å². The molecule has 2 N–H and O–H groups in total. The second kappa shape index (κ2) is 8.38. The summed E-state index contributed by atoms with van der Waals surface area (Å²) < 4.78 is 29.1. The molecule has 2 aliphatic rings. The van der Waals surface area contributed by atoms with Gasteiger partial charge in [0.25, 0.3) is 0 Å². The number of carbonyl (C=O) groups excluding carboxylic acids is 1. The minimum atomic E-state index is -3.61. The summed E-state index contributed by atoms with van der Waals surface area (Å²) in [6, 6.07) is 12.8. The van der Waals surface area contributed by atoms with Gasteiger partial charge in [0.05, 0.1) is 10.6 Å². The lowest BCUT2D eigenvalue weighted by Crippen LogP contribution is -2.51. The zero-order valence-corrected chi connectivity index (χ0v) is 19.1. The van der Waals surface area contributed by atoms with Crippen LogP contribution in [-0.2, 0) is 14.8 Å². The average molecular weight is 473 g/mol. The van der Waals surface area contributed by atoms with Gasteiger partial charge in [-0.05, 0) is 35.7 Å². The average Bonchev–Trinajstić information content (AvgIpc) is 3.59.